The zero-order valence-corrected chi connectivity index (χ0v) is 19.6. The Bertz CT molecular complexity index is 815. The van der Waals surface area contributed by atoms with Gasteiger partial charge in [0.25, 0.3) is 0 Å². The van der Waals surface area contributed by atoms with Crippen LogP contribution in [0.3, 0.4) is 0 Å². The maximum atomic E-state index is 6.33. The summed E-state index contributed by atoms with van der Waals surface area (Å²) in [5.41, 5.74) is 2.51. The number of rotatable bonds is 6. The van der Waals surface area contributed by atoms with Gasteiger partial charge in [-0.1, -0.05) is 13.0 Å². The van der Waals surface area contributed by atoms with E-state index in [-0.39, 0.29) is 6.10 Å². The molecule has 2 aliphatic heterocycles. The highest BCUT2D eigenvalue weighted by atomic mass is 79.9. The lowest BCUT2D eigenvalue weighted by molar-refractivity contribution is 0.148. The number of anilines is 1. The zero-order valence-electron chi connectivity index (χ0n) is 18.1. The fourth-order valence-corrected chi connectivity index (χ4v) is 4.57. The highest BCUT2D eigenvalue weighted by Gasteiger charge is 2.23. The van der Waals surface area contributed by atoms with Gasteiger partial charge in [-0.15, -0.1) is 0 Å². The van der Waals surface area contributed by atoms with Gasteiger partial charge in [0, 0.05) is 71.0 Å². The first-order chi connectivity index (χ1) is 14.6. The quantitative estimate of drug-likeness (QED) is 0.638. The SMILES string of the molecule is CCc1cnc(N2CCC(Oc3ccc(CN4CCN(C)CC4)cc3Br)CC2)nc1. The van der Waals surface area contributed by atoms with Crippen LogP contribution in [0.15, 0.2) is 35.1 Å². The van der Waals surface area contributed by atoms with Gasteiger partial charge in [-0.3, -0.25) is 4.90 Å². The van der Waals surface area contributed by atoms with Crippen molar-refractivity contribution in [2.24, 2.45) is 0 Å². The Morgan fingerprint density at radius 2 is 1.70 bits per heavy atom. The average molecular weight is 474 g/mol. The van der Waals surface area contributed by atoms with Crippen molar-refractivity contribution in [3.8, 4) is 5.75 Å². The summed E-state index contributed by atoms with van der Waals surface area (Å²) in [5, 5.41) is 0. The number of aromatic nitrogens is 2. The zero-order chi connectivity index (χ0) is 20.9. The van der Waals surface area contributed by atoms with Gasteiger partial charge in [0.05, 0.1) is 4.47 Å². The van der Waals surface area contributed by atoms with Crippen LogP contribution in [0.4, 0.5) is 5.95 Å². The van der Waals surface area contributed by atoms with Crippen molar-refractivity contribution < 1.29 is 4.74 Å². The van der Waals surface area contributed by atoms with Gasteiger partial charge in [-0.2, -0.15) is 0 Å². The number of ether oxygens (including phenoxy) is 1. The minimum absolute atomic E-state index is 0.232. The summed E-state index contributed by atoms with van der Waals surface area (Å²) in [5.74, 6) is 1.78. The smallest absolute Gasteiger partial charge is 0.225 e. The van der Waals surface area contributed by atoms with Crippen LogP contribution in [-0.2, 0) is 13.0 Å². The third-order valence-corrected chi connectivity index (χ3v) is 6.74. The van der Waals surface area contributed by atoms with Crippen molar-refractivity contribution in [3.63, 3.8) is 0 Å². The van der Waals surface area contributed by atoms with Gasteiger partial charge in [0.1, 0.15) is 11.9 Å². The normalized spacial score (nSPS) is 19.2. The van der Waals surface area contributed by atoms with Crippen LogP contribution in [0.25, 0.3) is 0 Å². The molecule has 2 aliphatic rings. The molecule has 162 valence electrons. The average Bonchev–Trinajstić information content (AvgIpc) is 2.78. The van der Waals surface area contributed by atoms with Crippen LogP contribution in [0.5, 0.6) is 5.75 Å². The van der Waals surface area contributed by atoms with Crippen LogP contribution >= 0.6 is 15.9 Å². The van der Waals surface area contributed by atoms with Crippen molar-refractivity contribution >= 4 is 21.9 Å². The highest BCUT2D eigenvalue weighted by molar-refractivity contribution is 9.10. The molecule has 0 spiro atoms. The lowest BCUT2D eigenvalue weighted by atomic mass is 10.1. The predicted octanol–water partition coefficient (Wildman–Crippen LogP) is 3.60. The van der Waals surface area contributed by atoms with E-state index in [0.717, 1.165) is 81.2 Å². The first-order valence-electron chi connectivity index (χ1n) is 11.0. The topological polar surface area (TPSA) is 44.7 Å². The van der Waals surface area contributed by atoms with E-state index < -0.39 is 0 Å². The number of hydrogen-bond acceptors (Lipinski definition) is 6. The summed E-state index contributed by atoms with van der Waals surface area (Å²) in [7, 11) is 2.19. The molecule has 0 saturated carbocycles. The second-order valence-electron chi connectivity index (χ2n) is 8.39. The molecule has 3 heterocycles. The number of piperidine rings is 1. The third kappa shape index (κ3) is 5.50. The van der Waals surface area contributed by atoms with E-state index in [1.54, 1.807) is 0 Å². The molecule has 6 nitrogen and oxygen atoms in total. The number of halogens is 1. The van der Waals surface area contributed by atoms with Gasteiger partial charge in [-0.25, -0.2) is 9.97 Å². The summed E-state index contributed by atoms with van der Waals surface area (Å²) in [6.45, 7) is 9.54. The number of likely N-dealkylation sites (N-methyl/N-ethyl adjacent to an activating group) is 1. The molecule has 2 aromatic rings. The Morgan fingerprint density at radius 3 is 2.33 bits per heavy atom. The molecule has 0 unspecified atom stereocenters. The molecule has 0 atom stereocenters. The van der Waals surface area contributed by atoms with Crippen LogP contribution in [0.2, 0.25) is 0 Å². The van der Waals surface area contributed by atoms with E-state index in [9.17, 15) is 0 Å². The van der Waals surface area contributed by atoms with E-state index in [0.29, 0.717) is 0 Å². The maximum absolute atomic E-state index is 6.33. The van der Waals surface area contributed by atoms with Crippen LogP contribution in [0.1, 0.15) is 30.9 Å². The van der Waals surface area contributed by atoms with Gasteiger partial charge in [0.2, 0.25) is 5.95 Å². The number of benzene rings is 1. The van der Waals surface area contributed by atoms with E-state index in [2.05, 4.69) is 72.8 Å². The molecule has 0 aliphatic carbocycles. The Kier molecular flexibility index (Phi) is 7.23. The standard InChI is InChI=1S/C23H32BrN5O/c1-3-18-15-25-23(26-16-18)29-8-6-20(7-9-29)30-22-5-4-19(14-21(22)24)17-28-12-10-27(2)11-13-28/h4-5,14-16,20H,3,6-13,17H2,1-2H3. The number of nitrogens with zero attached hydrogens (tertiary/aromatic N) is 5. The summed E-state index contributed by atoms with van der Waals surface area (Å²) in [6, 6.07) is 6.54. The van der Waals surface area contributed by atoms with Gasteiger partial charge in [0.15, 0.2) is 0 Å². The lowest BCUT2D eigenvalue weighted by Gasteiger charge is -2.33. The predicted molar refractivity (Wildman–Crippen MR) is 124 cm³/mol. The van der Waals surface area contributed by atoms with E-state index in [4.69, 9.17) is 4.74 Å². The Labute approximate surface area is 188 Å². The molecule has 30 heavy (non-hydrogen) atoms. The van der Waals surface area contributed by atoms with Crippen LogP contribution < -0.4 is 9.64 Å². The van der Waals surface area contributed by atoms with Crippen molar-refractivity contribution in [2.75, 3.05) is 51.2 Å². The minimum atomic E-state index is 0.232. The molecule has 0 radical (unpaired) electrons. The van der Waals surface area contributed by atoms with Crippen molar-refractivity contribution in [1.29, 1.82) is 0 Å². The largest absolute Gasteiger partial charge is 0.489 e. The summed E-state index contributed by atoms with van der Waals surface area (Å²) < 4.78 is 7.38. The summed E-state index contributed by atoms with van der Waals surface area (Å²) in [6.07, 6.45) is 7.04. The van der Waals surface area contributed by atoms with E-state index >= 15 is 0 Å². The summed E-state index contributed by atoms with van der Waals surface area (Å²) >= 11 is 3.73. The number of hydrogen-bond donors (Lipinski definition) is 0. The first-order valence-corrected chi connectivity index (χ1v) is 11.8. The molecule has 7 heteroatoms. The third-order valence-electron chi connectivity index (χ3n) is 6.12. The molecular formula is C23H32BrN5O. The molecule has 0 bridgehead atoms. The van der Waals surface area contributed by atoms with Crippen molar-refractivity contribution in [3.05, 3.63) is 46.2 Å². The molecule has 0 N–H and O–H groups in total. The van der Waals surface area contributed by atoms with Crippen LogP contribution in [0, 0.1) is 0 Å². The van der Waals surface area contributed by atoms with E-state index in [1.807, 2.05) is 12.4 Å². The second-order valence-corrected chi connectivity index (χ2v) is 9.25. The molecule has 1 aromatic heterocycles. The number of piperazine rings is 1. The summed E-state index contributed by atoms with van der Waals surface area (Å²) in [4.78, 5) is 16.2. The Morgan fingerprint density at radius 1 is 1.00 bits per heavy atom. The fraction of sp³-hybridized carbons (Fsp3) is 0.565. The number of aryl methyl sites for hydroxylation is 1. The molecule has 2 fully saturated rings. The monoisotopic (exact) mass is 473 g/mol. The molecule has 4 rings (SSSR count). The van der Waals surface area contributed by atoms with Gasteiger partial charge < -0.3 is 14.5 Å². The first kappa shape index (κ1) is 21.5. The van der Waals surface area contributed by atoms with Gasteiger partial charge >= 0.3 is 0 Å². The van der Waals surface area contributed by atoms with Crippen molar-refractivity contribution in [1.82, 2.24) is 19.8 Å². The molecular weight excluding hydrogens is 442 g/mol. The molecule has 0 amide bonds. The highest BCUT2D eigenvalue weighted by Crippen LogP contribution is 2.30. The van der Waals surface area contributed by atoms with Crippen LogP contribution in [-0.4, -0.2) is 72.2 Å². The van der Waals surface area contributed by atoms with E-state index in [1.165, 1.54) is 11.1 Å². The fourth-order valence-electron chi connectivity index (χ4n) is 4.05. The van der Waals surface area contributed by atoms with Gasteiger partial charge in [-0.05, 0) is 52.7 Å². The van der Waals surface area contributed by atoms with Crippen molar-refractivity contribution in [2.45, 2.75) is 38.8 Å². The molecule has 2 saturated heterocycles. The lowest BCUT2D eigenvalue weighted by Crippen LogP contribution is -2.43. The maximum Gasteiger partial charge on any atom is 0.225 e. The Hall–Kier alpha value is -1.70. The molecule has 1 aromatic carbocycles. The minimum Gasteiger partial charge on any atom is -0.489 e. The Balaban J connectivity index is 1.28. The second kappa shape index (κ2) is 10.1.